The number of hydrogen-bond donors (Lipinski definition) is 0. The van der Waals surface area contributed by atoms with E-state index in [0.29, 0.717) is 0 Å². The topological polar surface area (TPSA) is 43.4 Å². The molecule has 0 bridgehead atoms. The van der Waals surface area contributed by atoms with Crippen molar-refractivity contribution in [1.29, 1.82) is 0 Å². The van der Waals surface area contributed by atoms with E-state index >= 15 is 0 Å². The molecule has 0 heterocycles. The summed E-state index contributed by atoms with van der Waals surface area (Å²) in [7, 11) is 0. The molecule has 0 atom stereocenters. The van der Waals surface area contributed by atoms with E-state index in [4.69, 9.17) is 0 Å². The van der Waals surface area contributed by atoms with Crippen molar-refractivity contribution in [2.45, 2.75) is 13.8 Å². The van der Waals surface area contributed by atoms with Crippen LogP contribution in [0.1, 0.15) is 13.8 Å². The first-order valence-electron chi connectivity index (χ1n) is 1.82. The zero-order chi connectivity index (χ0) is 5.86. The van der Waals surface area contributed by atoms with Gasteiger partial charge in [0.25, 0.3) is 0 Å². The van der Waals surface area contributed by atoms with Gasteiger partial charge in [-0.2, -0.15) is 0 Å². The predicted molar refractivity (Wildman–Crippen MR) is 22.4 cm³/mol. The Bertz CT molecular complexity index is 87.5. The Balaban J connectivity index is 0. The Hall–Kier alpha value is -0.172. The van der Waals surface area contributed by atoms with Crippen molar-refractivity contribution in [2.24, 2.45) is 0 Å². The number of rotatable bonds is 0. The maximum absolute atomic E-state index is 9.81. The van der Waals surface area contributed by atoms with Crippen molar-refractivity contribution in [3.63, 3.8) is 0 Å². The minimum atomic E-state index is -0.562. The molecule has 0 aromatic rings. The molecule has 0 aliphatic heterocycles. The molecule has 0 fully saturated rings. The first kappa shape index (κ1) is 10.7. The number of hydrogen-bond acceptors (Lipinski definition) is 3. The molecule has 0 rings (SSSR count). The minimum Gasteiger partial charge on any atom is -0.394 e. The standard InChI is InChI=1S/C4H6O3.Pt/c1-3(5)7-4(2)6;/h1-2H3;. The molecule has 0 aromatic carbocycles. The van der Waals surface area contributed by atoms with Gasteiger partial charge in [0.1, 0.15) is 0 Å². The molecule has 3 nitrogen and oxygen atoms in total. The van der Waals surface area contributed by atoms with Crippen LogP contribution in [0.25, 0.3) is 0 Å². The van der Waals surface area contributed by atoms with Crippen LogP contribution in [-0.4, -0.2) is 11.9 Å². The van der Waals surface area contributed by atoms with Gasteiger partial charge in [-0.1, -0.05) is 0 Å². The van der Waals surface area contributed by atoms with Crippen molar-refractivity contribution < 1.29 is 35.4 Å². The maximum Gasteiger partial charge on any atom is 0.310 e. The normalized spacial score (nSPS) is 6.75. The quantitative estimate of drug-likeness (QED) is 0.470. The van der Waals surface area contributed by atoms with Gasteiger partial charge in [0.15, 0.2) is 0 Å². The summed E-state index contributed by atoms with van der Waals surface area (Å²) in [6.45, 7) is 2.36. The van der Waals surface area contributed by atoms with Crippen LogP contribution in [-0.2, 0) is 35.4 Å². The number of carbonyl (C=O) groups excluding carboxylic acids is 2. The van der Waals surface area contributed by atoms with Gasteiger partial charge in [0, 0.05) is 34.9 Å². The van der Waals surface area contributed by atoms with Gasteiger partial charge in [-0.15, -0.1) is 0 Å². The number of esters is 2. The number of carbonyl (C=O) groups is 2. The Morgan fingerprint density at radius 2 is 1.38 bits per heavy atom. The molecule has 0 N–H and O–H groups in total. The van der Waals surface area contributed by atoms with Gasteiger partial charge in [-0.25, -0.2) is 0 Å². The monoisotopic (exact) mass is 297 g/mol. The largest absolute Gasteiger partial charge is 0.394 e. The van der Waals surface area contributed by atoms with Crippen molar-refractivity contribution in [2.75, 3.05) is 0 Å². The Kier molecular flexibility index (Phi) is 6.68. The van der Waals surface area contributed by atoms with Crippen LogP contribution in [0.3, 0.4) is 0 Å². The van der Waals surface area contributed by atoms with Gasteiger partial charge in [-0.3, -0.25) is 9.59 Å². The van der Waals surface area contributed by atoms with Crippen molar-refractivity contribution in [3.8, 4) is 0 Å². The van der Waals surface area contributed by atoms with Crippen LogP contribution in [0.5, 0.6) is 0 Å². The average molecular weight is 297 g/mol. The fourth-order valence-corrected chi connectivity index (χ4v) is 0.202. The zero-order valence-electron chi connectivity index (χ0n) is 4.54. The second-order valence-electron chi connectivity index (χ2n) is 1.09. The molecule has 4 heteroatoms. The van der Waals surface area contributed by atoms with Crippen LogP contribution in [0.4, 0.5) is 0 Å². The summed E-state index contributed by atoms with van der Waals surface area (Å²) < 4.78 is 3.97. The van der Waals surface area contributed by atoms with Crippen LogP contribution in [0.2, 0.25) is 0 Å². The molecule has 50 valence electrons. The minimum absolute atomic E-state index is 0. The van der Waals surface area contributed by atoms with E-state index in [2.05, 4.69) is 4.74 Å². The predicted octanol–water partition coefficient (Wildman–Crippen LogP) is 0.0935. The molecule has 0 aliphatic rings. The third-order valence-electron chi connectivity index (χ3n) is 0.287. The van der Waals surface area contributed by atoms with E-state index in [1.165, 1.54) is 13.8 Å². The Morgan fingerprint density at radius 3 is 1.38 bits per heavy atom. The van der Waals surface area contributed by atoms with Crippen molar-refractivity contribution in [1.82, 2.24) is 0 Å². The van der Waals surface area contributed by atoms with E-state index in [1.54, 1.807) is 0 Å². The molecule has 0 radical (unpaired) electrons. The van der Waals surface area contributed by atoms with Gasteiger partial charge in [0.2, 0.25) is 0 Å². The fourth-order valence-electron chi connectivity index (χ4n) is 0.202. The van der Waals surface area contributed by atoms with Crippen molar-refractivity contribution in [3.05, 3.63) is 0 Å². The van der Waals surface area contributed by atoms with Crippen LogP contribution < -0.4 is 0 Å². The average Bonchev–Trinajstić information content (AvgIpc) is 1.27. The molecule has 0 saturated heterocycles. The molecule has 0 saturated carbocycles. The summed E-state index contributed by atoms with van der Waals surface area (Å²) in [5.41, 5.74) is 0. The molecule has 0 aromatic heterocycles. The van der Waals surface area contributed by atoms with Gasteiger partial charge in [-0.05, 0) is 0 Å². The second kappa shape index (κ2) is 4.97. The summed E-state index contributed by atoms with van der Waals surface area (Å²) in [4.78, 5) is 19.6. The first-order valence-corrected chi connectivity index (χ1v) is 1.82. The van der Waals surface area contributed by atoms with Crippen molar-refractivity contribution >= 4 is 11.9 Å². The number of ether oxygens (including phenoxy) is 1. The van der Waals surface area contributed by atoms with E-state index in [0.717, 1.165) is 0 Å². The van der Waals surface area contributed by atoms with E-state index in [1.807, 2.05) is 0 Å². The first-order chi connectivity index (χ1) is 3.13. The Morgan fingerprint density at radius 1 is 1.12 bits per heavy atom. The van der Waals surface area contributed by atoms with Crippen LogP contribution in [0.15, 0.2) is 0 Å². The smallest absolute Gasteiger partial charge is 0.310 e. The van der Waals surface area contributed by atoms with E-state index < -0.39 is 11.9 Å². The zero-order valence-corrected chi connectivity index (χ0v) is 6.81. The summed E-state index contributed by atoms with van der Waals surface area (Å²) in [6.07, 6.45) is 0. The molecule has 0 spiro atoms. The third kappa shape index (κ3) is 9.27. The fraction of sp³-hybridized carbons (Fsp3) is 0.500. The molecule has 0 unspecified atom stereocenters. The SMILES string of the molecule is CC(=O)OC(C)=O.[Pt]. The van der Waals surface area contributed by atoms with Gasteiger partial charge < -0.3 is 4.74 Å². The summed E-state index contributed by atoms with van der Waals surface area (Å²) >= 11 is 0. The van der Waals surface area contributed by atoms with Crippen LogP contribution >= 0.6 is 0 Å². The third-order valence-corrected chi connectivity index (χ3v) is 0.287. The summed E-state index contributed by atoms with van der Waals surface area (Å²) in [5.74, 6) is -1.12. The summed E-state index contributed by atoms with van der Waals surface area (Å²) in [5, 5.41) is 0. The maximum atomic E-state index is 9.81. The van der Waals surface area contributed by atoms with Crippen LogP contribution in [0, 0.1) is 0 Å². The second-order valence-corrected chi connectivity index (χ2v) is 1.09. The van der Waals surface area contributed by atoms with E-state index in [9.17, 15) is 9.59 Å². The molecule has 0 aliphatic carbocycles. The molecule has 8 heavy (non-hydrogen) atoms. The molecule has 0 amide bonds. The van der Waals surface area contributed by atoms with Gasteiger partial charge >= 0.3 is 11.9 Å². The van der Waals surface area contributed by atoms with Gasteiger partial charge in [0.05, 0.1) is 0 Å². The van der Waals surface area contributed by atoms with E-state index in [-0.39, 0.29) is 21.1 Å². The summed E-state index contributed by atoms with van der Waals surface area (Å²) in [6, 6.07) is 0. The molecular formula is C4H6O3Pt. The Labute approximate surface area is 61.7 Å². The molecular weight excluding hydrogens is 291 g/mol.